The van der Waals surface area contributed by atoms with E-state index >= 15 is 0 Å². The fourth-order valence-corrected chi connectivity index (χ4v) is 3.92. The standard InChI is InChI=1S/C26H23N3O4/c1-17(30)28-19-11-13-20(14-12-19)29-24(21-9-5-6-16-27-21)23(25(32)26(29)33)22(31)15-10-18-7-3-2-4-8-18/h2-9,11-14,16,24,32H,10,15H2,1H3,(H,28,30). The number of amides is 2. The van der Waals surface area contributed by atoms with E-state index in [0.717, 1.165) is 5.56 Å². The van der Waals surface area contributed by atoms with E-state index in [9.17, 15) is 19.5 Å². The van der Waals surface area contributed by atoms with Gasteiger partial charge in [0.05, 0.1) is 11.3 Å². The highest BCUT2D eigenvalue weighted by Crippen LogP contribution is 2.41. The molecule has 0 radical (unpaired) electrons. The van der Waals surface area contributed by atoms with Crippen LogP contribution in [-0.4, -0.2) is 27.7 Å². The Morgan fingerprint density at radius 1 is 1.00 bits per heavy atom. The molecular formula is C26H23N3O4. The smallest absolute Gasteiger partial charge is 0.294 e. The van der Waals surface area contributed by atoms with Crippen molar-refractivity contribution in [3.63, 3.8) is 0 Å². The Hall–Kier alpha value is -4.26. The largest absolute Gasteiger partial charge is 0.503 e. The molecule has 2 aromatic carbocycles. The number of nitrogens with one attached hydrogen (secondary N) is 1. The zero-order valence-corrected chi connectivity index (χ0v) is 18.1. The van der Waals surface area contributed by atoms with Crippen molar-refractivity contribution in [1.82, 2.24) is 4.98 Å². The molecule has 4 rings (SSSR count). The van der Waals surface area contributed by atoms with Crippen molar-refractivity contribution in [2.24, 2.45) is 0 Å². The van der Waals surface area contributed by atoms with Gasteiger partial charge in [-0.15, -0.1) is 0 Å². The predicted octanol–water partition coefficient (Wildman–Crippen LogP) is 4.14. The molecule has 0 saturated heterocycles. The molecule has 0 bridgehead atoms. The maximum Gasteiger partial charge on any atom is 0.294 e. The van der Waals surface area contributed by atoms with Crippen LogP contribution in [0.25, 0.3) is 0 Å². The Morgan fingerprint density at radius 2 is 1.70 bits per heavy atom. The van der Waals surface area contributed by atoms with Crippen LogP contribution in [-0.2, 0) is 20.8 Å². The summed E-state index contributed by atoms with van der Waals surface area (Å²) in [6.45, 7) is 1.41. The number of aliphatic hydroxyl groups excluding tert-OH is 1. The number of aryl methyl sites for hydroxylation is 1. The second kappa shape index (κ2) is 9.48. The van der Waals surface area contributed by atoms with Gasteiger partial charge in [0.15, 0.2) is 11.5 Å². The summed E-state index contributed by atoms with van der Waals surface area (Å²) in [7, 11) is 0. The van der Waals surface area contributed by atoms with Crippen LogP contribution in [0.2, 0.25) is 0 Å². The normalized spacial score (nSPS) is 15.6. The summed E-state index contributed by atoms with van der Waals surface area (Å²) in [5.41, 5.74) is 2.56. The molecule has 33 heavy (non-hydrogen) atoms. The van der Waals surface area contributed by atoms with Gasteiger partial charge in [0.1, 0.15) is 6.04 Å². The van der Waals surface area contributed by atoms with E-state index < -0.39 is 17.7 Å². The van der Waals surface area contributed by atoms with Crippen LogP contribution in [0.4, 0.5) is 11.4 Å². The van der Waals surface area contributed by atoms with Crippen LogP contribution in [0, 0.1) is 0 Å². The minimum absolute atomic E-state index is 0.0422. The van der Waals surface area contributed by atoms with E-state index in [1.54, 1.807) is 48.7 Å². The zero-order chi connectivity index (χ0) is 23.4. The molecule has 1 aliphatic heterocycles. The van der Waals surface area contributed by atoms with Crippen LogP contribution >= 0.6 is 0 Å². The van der Waals surface area contributed by atoms with Crippen molar-refractivity contribution in [1.29, 1.82) is 0 Å². The Labute approximate surface area is 191 Å². The summed E-state index contributed by atoms with van der Waals surface area (Å²) in [5, 5.41) is 13.4. The van der Waals surface area contributed by atoms with Crippen molar-refractivity contribution in [3.8, 4) is 0 Å². The first-order valence-corrected chi connectivity index (χ1v) is 10.6. The van der Waals surface area contributed by atoms with Crippen LogP contribution in [0.1, 0.15) is 30.6 Å². The molecule has 1 aromatic heterocycles. The molecule has 2 heterocycles. The van der Waals surface area contributed by atoms with Crippen LogP contribution in [0.5, 0.6) is 0 Å². The Balaban J connectivity index is 1.67. The summed E-state index contributed by atoms with van der Waals surface area (Å²) in [6, 6.07) is 20.6. The SMILES string of the molecule is CC(=O)Nc1ccc(N2C(=O)C(O)=C(C(=O)CCc3ccccc3)C2c2ccccn2)cc1. The van der Waals surface area contributed by atoms with Gasteiger partial charge < -0.3 is 10.4 Å². The Kier molecular flexibility index (Phi) is 6.31. The molecule has 0 spiro atoms. The highest BCUT2D eigenvalue weighted by atomic mass is 16.3. The third-order valence-electron chi connectivity index (χ3n) is 5.43. The molecule has 7 nitrogen and oxygen atoms in total. The van der Waals surface area contributed by atoms with E-state index in [0.29, 0.717) is 23.5 Å². The van der Waals surface area contributed by atoms with Crippen LogP contribution < -0.4 is 10.2 Å². The highest BCUT2D eigenvalue weighted by molar-refractivity contribution is 6.16. The number of pyridine rings is 1. The molecule has 1 atom stereocenters. The second-order valence-corrected chi connectivity index (χ2v) is 7.73. The fraction of sp³-hybridized carbons (Fsp3) is 0.154. The third-order valence-corrected chi connectivity index (χ3v) is 5.43. The quantitative estimate of drug-likeness (QED) is 0.574. The van der Waals surface area contributed by atoms with Gasteiger partial charge in [0.25, 0.3) is 5.91 Å². The lowest BCUT2D eigenvalue weighted by molar-refractivity contribution is -0.118. The molecule has 0 saturated carbocycles. The van der Waals surface area contributed by atoms with Crippen molar-refractivity contribution in [3.05, 3.63) is 102 Å². The van der Waals surface area contributed by atoms with E-state index in [2.05, 4.69) is 10.3 Å². The number of aromatic nitrogens is 1. The number of carbonyl (C=O) groups excluding carboxylic acids is 3. The molecule has 166 valence electrons. The monoisotopic (exact) mass is 441 g/mol. The molecule has 2 amide bonds. The number of anilines is 2. The highest BCUT2D eigenvalue weighted by Gasteiger charge is 2.44. The molecule has 7 heteroatoms. The van der Waals surface area contributed by atoms with Gasteiger partial charge in [-0.1, -0.05) is 36.4 Å². The Bertz CT molecular complexity index is 1210. The summed E-state index contributed by atoms with van der Waals surface area (Å²) >= 11 is 0. The molecule has 2 N–H and O–H groups in total. The summed E-state index contributed by atoms with van der Waals surface area (Å²) in [6.07, 6.45) is 2.22. The fourth-order valence-electron chi connectivity index (χ4n) is 3.92. The molecule has 3 aromatic rings. The van der Waals surface area contributed by atoms with E-state index in [-0.39, 0.29) is 23.7 Å². The van der Waals surface area contributed by atoms with Gasteiger partial charge >= 0.3 is 0 Å². The number of Topliss-reactive ketones (excluding diaryl/α,β-unsaturated/α-hetero) is 1. The van der Waals surface area contributed by atoms with Crippen molar-refractivity contribution in [2.45, 2.75) is 25.8 Å². The summed E-state index contributed by atoms with van der Waals surface area (Å²) in [4.78, 5) is 43.4. The average molecular weight is 441 g/mol. The minimum atomic E-state index is -0.853. The van der Waals surface area contributed by atoms with Crippen molar-refractivity contribution in [2.75, 3.05) is 10.2 Å². The number of rotatable bonds is 7. The molecule has 0 aliphatic carbocycles. The first kappa shape index (κ1) is 22.0. The van der Waals surface area contributed by atoms with Crippen LogP contribution in [0.3, 0.4) is 0 Å². The third kappa shape index (κ3) is 4.67. The second-order valence-electron chi connectivity index (χ2n) is 7.73. The first-order chi connectivity index (χ1) is 16.0. The lowest BCUT2D eigenvalue weighted by atomic mass is 9.95. The topological polar surface area (TPSA) is 99.6 Å². The van der Waals surface area contributed by atoms with Gasteiger partial charge in [0, 0.05) is 30.9 Å². The Morgan fingerprint density at radius 3 is 2.33 bits per heavy atom. The van der Waals surface area contributed by atoms with E-state index in [1.807, 2.05) is 30.3 Å². The van der Waals surface area contributed by atoms with Crippen molar-refractivity contribution < 1.29 is 19.5 Å². The number of benzene rings is 2. The van der Waals surface area contributed by atoms with Gasteiger partial charge in [-0.3, -0.25) is 24.3 Å². The van der Waals surface area contributed by atoms with Crippen LogP contribution in [0.15, 0.2) is 90.3 Å². The predicted molar refractivity (Wildman–Crippen MR) is 125 cm³/mol. The number of ketones is 1. The van der Waals surface area contributed by atoms with Gasteiger partial charge in [-0.05, 0) is 48.4 Å². The number of carbonyl (C=O) groups is 3. The van der Waals surface area contributed by atoms with Gasteiger partial charge in [-0.2, -0.15) is 0 Å². The van der Waals surface area contributed by atoms with Gasteiger partial charge in [-0.25, -0.2) is 0 Å². The van der Waals surface area contributed by atoms with E-state index in [4.69, 9.17) is 0 Å². The molecule has 1 aliphatic rings. The first-order valence-electron chi connectivity index (χ1n) is 10.6. The summed E-state index contributed by atoms with van der Waals surface area (Å²) < 4.78 is 0. The maximum absolute atomic E-state index is 13.2. The minimum Gasteiger partial charge on any atom is -0.503 e. The maximum atomic E-state index is 13.2. The number of aliphatic hydroxyl groups is 1. The van der Waals surface area contributed by atoms with E-state index in [1.165, 1.54) is 11.8 Å². The molecular weight excluding hydrogens is 418 g/mol. The lowest BCUT2D eigenvalue weighted by Crippen LogP contribution is -2.31. The molecule has 0 fully saturated rings. The lowest BCUT2D eigenvalue weighted by Gasteiger charge is -2.26. The molecule has 1 unspecified atom stereocenters. The number of hydrogen-bond donors (Lipinski definition) is 2. The zero-order valence-electron chi connectivity index (χ0n) is 18.1. The van der Waals surface area contributed by atoms with Crippen molar-refractivity contribution >= 4 is 29.0 Å². The van der Waals surface area contributed by atoms with Gasteiger partial charge in [0.2, 0.25) is 5.91 Å². The summed E-state index contributed by atoms with van der Waals surface area (Å²) in [5.74, 6) is -1.75. The number of hydrogen-bond acceptors (Lipinski definition) is 5. The number of nitrogens with zero attached hydrogens (tertiary/aromatic N) is 2. The average Bonchev–Trinajstić information content (AvgIpc) is 3.09.